The third-order valence-corrected chi connectivity index (χ3v) is 4.24. The smallest absolute Gasteiger partial charge is 0.289 e. The first-order chi connectivity index (χ1) is 10.6. The molecule has 0 saturated carbocycles. The molecule has 110 valence electrons. The second kappa shape index (κ2) is 6.38. The molecule has 1 aliphatic rings. The van der Waals surface area contributed by atoms with Crippen molar-refractivity contribution in [2.24, 2.45) is 4.99 Å². The summed E-state index contributed by atoms with van der Waals surface area (Å²) in [5.41, 5.74) is 2.88. The normalized spacial score (nSPS) is 18.0. The second-order valence-corrected chi connectivity index (χ2v) is 6.27. The molecule has 5 heteroatoms. The Bertz CT molecular complexity index is 782. The number of carbonyl (C=O) groups excluding carboxylic acids is 1. The third-order valence-electron chi connectivity index (χ3n) is 3.17. The molecule has 0 spiro atoms. The summed E-state index contributed by atoms with van der Waals surface area (Å²) in [7, 11) is 0. The summed E-state index contributed by atoms with van der Waals surface area (Å²) in [6.07, 6.45) is 1.93. The van der Waals surface area contributed by atoms with Crippen molar-refractivity contribution >= 4 is 46.2 Å². The molecule has 1 aliphatic heterocycles. The van der Waals surface area contributed by atoms with Gasteiger partial charge in [-0.2, -0.15) is 0 Å². The van der Waals surface area contributed by atoms with Crippen LogP contribution in [0, 0.1) is 6.92 Å². The van der Waals surface area contributed by atoms with E-state index in [9.17, 15) is 4.79 Å². The number of aryl methyl sites for hydroxylation is 1. The largest absolute Gasteiger partial charge is 0.300 e. The van der Waals surface area contributed by atoms with Crippen LogP contribution in [0.5, 0.6) is 0 Å². The molecule has 0 aliphatic carbocycles. The fraction of sp³-hybridized carbons (Fsp3) is 0.0588. The van der Waals surface area contributed by atoms with Crippen LogP contribution in [0.15, 0.2) is 58.4 Å². The van der Waals surface area contributed by atoms with Gasteiger partial charge in [0.15, 0.2) is 0 Å². The van der Waals surface area contributed by atoms with Gasteiger partial charge in [0.2, 0.25) is 0 Å². The van der Waals surface area contributed by atoms with Crippen LogP contribution in [0.1, 0.15) is 11.1 Å². The maximum Gasteiger partial charge on any atom is 0.289 e. The molecule has 1 N–H and O–H groups in total. The van der Waals surface area contributed by atoms with Crippen molar-refractivity contribution in [1.29, 1.82) is 0 Å². The van der Waals surface area contributed by atoms with E-state index in [0.29, 0.717) is 10.9 Å². The van der Waals surface area contributed by atoms with E-state index in [1.165, 1.54) is 0 Å². The van der Waals surface area contributed by atoms with Crippen molar-refractivity contribution in [2.45, 2.75) is 6.92 Å². The van der Waals surface area contributed by atoms with Crippen molar-refractivity contribution in [2.75, 3.05) is 0 Å². The van der Waals surface area contributed by atoms with Crippen molar-refractivity contribution in [3.05, 3.63) is 69.6 Å². The number of aliphatic imine (C=N–C) groups is 1. The van der Waals surface area contributed by atoms with Gasteiger partial charge in [0.25, 0.3) is 5.24 Å². The first-order valence-electron chi connectivity index (χ1n) is 6.72. The lowest BCUT2D eigenvalue weighted by atomic mass is 10.2. The summed E-state index contributed by atoms with van der Waals surface area (Å²) < 4.78 is 0. The minimum atomic E-state index is -0.118. The minimum Gasteiger partial charge on any atom is -0.300 e. The lowest BCUT2D eigenvalue weighted by Crippen LogP contribution is -2.18. The Hall–Kier alpha value is -2.04. The van der Waals surface area contributed by atoms with Crippen LogP contribution in [0.4, 0.5) is 10.5 Å². The number of thioether (sulfide) groups is 1. The van der Waals surface area contributed by atoms with E-state index < -0.39 is 0 Å². The van der Waals surface area contributed by atoms with Crippen molar-refractivity contribution in [1.82, 2.24) is 5.32 Å². The Morgan fingerprint density at radius 3 is 2.59 bits per heavy atom. The van der Waals surface area contributed by atoms with Crippen LogP contribution >= 0.6 is 23.4 Å². The molecule has 1 saturated heterocycles. The van der Waals surface area contributed by atoms with Crippen molar-refractivity contribution < 1.29 is 4.79 Å². The molecule has 0 bridgehead atoms. The van der Waals surface area contributed by atoms with Gasteiger partial charge >= 0.3 is 0 Å². The summed E-state index contributed by atoms with van der Waals surface area (Å²) in [5.74, 6) is 0.583. The highest BCUT2D eigenvalue weighted by Crippen LogP contribution is 2.29. The fourth-order valence-electron chi connectivity index (χ4n) is 2.03. The lowest BCUT2D eigenvalue weighted by molar-refractivity contribution is 0.265. The predicted octanol–water partition coefficient (Wildman–Crippen LogP) is 5.18. The highest BCUT2D eigenvalue weighted by atomic mass is 35.5. The molecule has 2 aromatic rings. The molecule has 1 heterocycles. The average molecular weight is 329 g/mol. The molecule has 1 fully saturated rings. The zero-order valence-corrected chi connectivity index (χ0v) is 13.4. The number of nitrogens with zero attached hydrogens (tertiary/aromatic N) is 1. The second-order valence-electron chi connectivity index (χ2n) is 4.82. The molecule has 3 rings (SSSR count). The first kappa shape index (κ1) is 14.9. The van der Waals surface area contributed by atoms with Crippen LogP contribution in [0.3, 0.4) is 0 Å². The number of amidine groups is 1. The maximum absolute atomic E-state index is 11.7. The van der Waals surface area contributed by atoms with Gasteiger partial charge in [-0.3, -0.25) is 4.79 Å². The number of halogens is 1. The Kier molecular flexibility index (Phi) is 4.32. The van der Waals surface area contributed by atoms with Crippen LogP contribution in [-0.2, 0) is 0 Å². The fourth-order valence-corrected chi connectivity index (χ4v) is 2.89. The molecule has 0 aromatic heterocycles. The van der Waals surface area contributed by atoms with E-state index in [4.69, 9.17) is 11.6 Å². The molecule has 0 atom stereocenters. The average Bonchev–Trinajstić information content (AvgIpc) is 2.83. The number of rotatable bonds is 2. The number of amides is 1. The first-order valence-corrected chi connectivity index (χ1v) is 7.92. The number of carbonyl (C=O) groups is 1. The summed E-state index contributed by atoms with van der Waals surface area (Å²) >= 11 is 7.03. The molecule has 2 aromatic carbocycles. The van der Waals surface area contributed by atoms with Gasteiger partial charge in [0.05, 0.1) is 10.6 Å². The van der Waals surface area contributed by atoms with Crippen LogP contribution in [0.2, 0.25) is 5.02 Å². The highest BCUT2D eigenvalue weighted by Gasteiger charge is 2.23. The summed E-state index contributed by atoms with van der Waals surface area (Å²) in [6, 6.07) is 15.3. The molecule has 0 radical (unpaired) electrons. The minimum absolute atomic E-state index is 0.118. The third kappa shape index (κ3) is 3.40. The quantitative estimate of drug-likeness (QED) is 0.825. The van der Waals surface area contributed by atoms with E-state index in [-0.39, 0.29) is 5.24 Å². The van der Waals surface area contributed by atoms with Crippen LogP contribution < -0.4 is 5.32 Å². The Labute approximate surface area is 138 Å². The molecule has 3 nitrogen and oxygen atoms in total. The van der Waals surface area contributed by atoms with Crippen molar-refractivity contribution in [3.63, 3.8) is 0 Å². The number of benzene rings is 2. The highest BCUT2D eigenvalue weighted by molar-refractivity contribution is 8.18. The standard InChI is InChI=1S/C17H13ClN2OS/c1-11-4-2-3-5-14(11)19-16-15(22-17(21)20-16)10-12-6-8-13(18)9-7-12/h2-10H,1H3,(H,19,20,21)/b15-10-. The van der Waals surface area contributed by atoms with Crippen LogP contribution in [0.25, 0.3) is 6.08 Å². The lowest BCUT2D eigenvalue weighted by Gasteiger charge is -2.02. The number of para-hydroxylation sites is 1. The number of hydrogen-bond acceptors (Lipinski definition) is 3. The summed E-state index contributed by atoms with van der Waals surface area (Å²) in [4.78, 5) is 17.1. The number of nitrogens with one attached hydrogen (secondary N) is 1. The van der Waals surface area contributed by atoms with Gasteiger partial charge < -0.3 is 5.32 Å². The predicted molar refractivity (Wildman–Crippen MR) is 93.8 cm³/mol. The van der Waals surface area contributed by atoms with E-state index in [1.54, 1.807) is 0 Å². The molecular formula is C17H13ClN2OS. The van der Waals surface area contributed by atoms with E-state index in [1.807, 2.05) is 61.5 Å². The maximum atomic E-state index is 11.7. The monoisotopic (exact) mass is 328 g/mol. The van der Waals surface area contributed by atoms with E-state index in [2.05, 4.69) is 10.3 Å². The molecule has 0 unspecified atom stereocenters. The molecular weight excluding hydrogens is 316 g/mol. The Balaban J connectivity index is 1.97. The van der Waals surface area contributed by atoms with E-state index in [0.717, 1.165) is 33.5 Å². The summed E-state index contributed by atoms with van der Waals surface area (Å²) in [5, 5.41) is 3.36. The zero-order chi connectivity index (χ0) is 15.5. The van der Waals surface area contributed by atoms with Crippen LogP contribution in [-0.4, -0.2) is 11.1 Å². The van der Waals surface area contributed by atoms with Gasteiger partial charge in [-0.05, 0) is 54.1 Å². The topological polar surface area (TPSA) is 41.5 Å². The van der Waals surface area contributed by atoms with E-state index >= 15 is 0 Å². The molecule has 1 amide bonds. The van der Waals surface area contributed by atoms with Gasteiger partial charge in [0, 0.05) is 5.02 Å². The number of hydrogen-bond donors (Lipinski definition) is 1. The van der Waals surface area contributed by atoms with Gasteiger partial charge in [-0.25, -0.2) is 4.99 Å². The SMILES string of the molecule is Cc1ccccc1N=C1NC(=O)S/C1=C\c1ccc(Cl)cc1. The molecule has 22 heavy (non-hydrogen) atoms. The van der Waals surface area contributed by atoms with Crippen molar-refractivity contribution in [3.8, 4) is 0 Å². The summed E-state index contributed by atoms with van der Waals surface area (Å²) in [6.45, 7) is 1.99. The van der Waals surface area contributed by atoms with Gasteiger partial charge in [0.1, 0.15) is 5.84 Å². The zero-order valence-electron chi connectivity index (χ0n) is 11.8. The van der Waals surface area contributed by atoms with Gasteiger partial charge in [-0.1, -0.05) is 41.9 Å². The Morgan fingerprint density at radius 2 is 1.86 bits per heavy atom. The van der Waals surface area contributed by atoms with Gasteiger partial charge in [-0.15, -0.1) is 0 Å². The Morgan fingerprint density at radius 1 is 1.14 bits per heavy atom.